The van der Waals surface area contributed by atoms with E-state index in [1.165, 1.54) is 6.92 Å². The van der Waals surface area contributed by atoms with Crippen molar-refractivity contribution >= 4 is 11.6 Å². The molecule has 2 saturated heterocycles. The van der Waals surface area contributed by atoms with Gasteiger partial charge in [0.25, 0.3) is 0 Å². The minimum Gasteiger partial charge on any atom is -0.497 e. The van der Waals surface area contributed by atoms with E-state index in [2.05, 4.69) is 0 Å². The topological polar surface area (TPSA) is 48.0 Å². The van der Waals surface area contributed by atoms with Gasteiger partial charge in [-0.1, -0.05) is 0 Å². The van der Waals surface area contributed by atoms with Gasteiger partial charge in [0.1, 0.15) is 18.0 Å². The maximum Gasteiger partial charge on any atom is 0.235 e. The standard InChI is InChI=1S/C15H18FNO4/c1-9(16)12-13(15-20-7-8-21-15)17(14(12)18)10-3-5-11(19-2)6-4-10/h3-6,9,12-13,15H,7-8H2,1-2H3/t9-,12-,13+/m1/s1. The number of carbonyl (C=O) groups excluding carboxylic acids is 1. The van der Waals surface area contributed by atoms with E-state index in [1.54, 1.807) is 36.3 Å². The zero-order chi connectivity index (χ0) is 15.0. The van der Waals surface area contributed by atoms with Crippen molar-refractivity contribution in [3.05, 3.63) is 24.3 Å². The Balaban J connectivity index is 1.86. The van der Waals surface area contributed by atoms with Crippen molar-refractivity contribution in [1.82, 2.24) is 0 Å². The lowest BCUT2D eigenvalue weighted by atomic mass is 9.82. The smallest absolute Gasteiger partial charge is 0.235 e. The first-order chi connectivity index (χ1) is 10.1. The Morgan fingerprint density at radius 3 is 2.43 bits per heavy atom. The molecule has 3 rings (SSSR count). The number of hydrogen-bond acceptors (Lipinski definition) is 4. The summed E-state index contributed by atoms with van der Waals surface area (Å²) in [4.78, 5) is 13.8. The van der Waals surface area contributed by atoms with Gasteiger partial charge in [-0.15, -0.1) is 0 Å². The highest BCUT2D eigenvalue weighted by Gasteiger charge is 2.56. The number of ether oxygens (including phenoxy) is 3. The van der Waals surface area contributed by atoms with Crippen LogP contribution < -0.4 is 9.64 Å². The molecule has 1 aromatic rings. The van der Waals surface area contributed by atoms with Crippen LogP contribution in [0.2, 0.25) is 0 Å². The van der Waals surface area contributed by atoms with Gasteiger partial charge in [-0.2, -0.15) is 0 Å². The van der Waals surface area contributed by atoms with E-state index >= 15 is 0 Å². The van der Waals surface area contributed by atoms with Gasteiger partial charge in [-0.25, -0.2) is 4.39 Å². The zero-order valence-electron chi connectivity index (χ0n) is 12.0. The Kier molecular flexibility index (Phi) is 3.82. The number of β-lactam (4-membered cyclic amide) rings is 1. The van der Waals surface area contributed by atoms with Gasteiger partial charge < -0.3 is 19.1 Å². The first kappa shape index (κ1) is 14.3. The molecule has 0 spiro atoms. The molecule has 5 nitrogen and oxygen atoms in total. The third-order valence-corrected chi connectivity index (χ3v) is 3.96. The molecule has 0 bridgehead atoms. The summed E-state index contributed by atoms with van der Waals surface area (Å²) < 4.78 is 29.8. The third kappa shape index (κ3) is 2.38. The Hall–Kier alpha value is -1.66. The summed E-state index contributed by atoms with van der Waals surface area (Å²) in [6.07, 6.45) is -1.79. The highest BCUT2D eigenvalue weighted by molar-refractivity contribution is 6.03. The van der Waals surface area contributed by atoms with Gasteiger partial charge in [0.15, 0.2) is 6.29 Å². The largest absolute Gasteiger partial charge is 0.497 e. The van der Waals surface area contributed by atoms with Gasteiger partial charge >= 0.3 is 0 Å². The summed E-state index contributed by atoms with van der Waals surface area (Å²) in [6.45, 7) is 2.34. The summed E-state index contributed by atoms with van der Waals surface area (Å²) in [6, 6.07) is 6.66. The normalized spacial score (nSPS) is 27.6. The SMILES string of the molecule is COc1ccc(N2C(=O)[C@H]([C@@H](C)F)[C@H]2C2OCCO2)cc1. The van der Waals surface area contributed by atoms with Crippen LogP contribution in [0.5, 0.6) is 5.75 Å². The highest BCUT2D eigenvalue weighted by atomic mass is 19.1. The molecular formula is C15H18FNO4. The van der Waals surface area contributed by atoms with Gasteiger partial charge in [-0.05, 0) is 31.2 Å². The summed E-state index contributed by atoms with van der Waals surface area (Å²) in [7, 11) is 1.58. The van der Waals surface area contributed by atoms with E-state index in [-0.39, 0.29) is 5.91 Å². The molecule has 21 heavy (non-hydrogen) atoms. The molecule has 1 amide bonds. The van der Waals surface area contributed by atoms with Crippen LogP contribution in [-0.4, -0.2) is 44.7 Å². The minimum absolute atomic E-state index is 0.237. The zero-order valence-corrected chi connectivity index (χ0v) is 12.0. The quantitative estimate of drug-likeness (QED) is 0.794. The second-order valence-corrected chi connectivity index (χ2v) is 5.21. The summed E-state index contributed by atoms with van der Waals surface area (Å²) in [5.74, 6) is -0.249. The van der Waals surface area contributed by atoms with Crippen LogP contribution in [0.3, 0.4) is 0 Å². The molecule has 6 heteroatoms. The number of carbonyl (C=O) groups is 1. The first-order valence-electron chi connectivity index (χ1n) is 6.98. The van der Waals surface area contributed by atoms with E-state index in [9.17, 15) is 9.18 Å². The van der Waals surface area contributed by atoms with E-state index < -0.39 is 24.4 Å². The minimum atomic E-state index is -1.23. The van der Waals surface area contributed by atoms with Crippen LogP contribution in [0.25, 0.3) is 0 Å². The number of methoxy groups -OCH3 is 1. The Morgan fingerprint density at radius 1 is 1.29 bits per heavy atom. The maximum absolute atomic E-state index is 13.7. The van der Waals surface area contributed by atoms with Crippen LogP contribution in [0.1, 0.15) is 6.92 Å². The number of nitrogens with zero attached hydrogens (tertiary/aromatic N) is 1. The van der Waals surface area contributed by atoms with Crippen LogP contribution in [0.15, 0.2) is 24.3 Å². The molecule has 1 aromatic carbocycles. The molecule has 2 fully saturated rings. The highest BCUT2D eigenvalue weighted by Crippen LogP contribution is 2.39. The molecule has 0 saturated carbocycles. The molecular weight excluding hydrogens is 277 g/mol. The van der Waals surface area contributed by atoms with Crippen molar-refractivity contribution in [3.8, 4) is 5.75 Å². The molecule has 0 unspecified atom stereocenters. The number of amides is 1. The fourth-order valence-electron chi connectivity index (χ4n) is 2.91. The first-order valence-corrected chi connectivity index (χ1v) is 6.98. The number of alkyl halides is 1. The molecule has 0 aromatic heterocycles. The summed E-state index contributed by atoms with van der Waals surface area (Å²) in [5.41, 5.74) is 0.696. The molecule has 2 heterocycles. The summed E-state index contributed by atoms with van der Waals surface area (Å²) >= 11 is 0. The van der Waals surface area contributed by atoms with Crippen LogP contribution >= 0.6 is 0 Å². The van der Waals surface area contributed by atoms with Gasteiger partial charge in [0, 0.05) is 5.69 Å². The van der Waals surface area contributed by atoms with Crippen molar-refractivity contribution in [2.75, 3.05) is 25.2 Å². The third-order valence-electron chi connectivity index (χ3n) is 3.96. The van der Waals surface area contributed by atoms with Crippen LogP contribution in [-0.2, 0) is 14.3 Å². The maximum atomic E-state index is 13.7. The van der Waals surface area contributed by atoms with Gasteiger partial charge in [-0.3, -0.25) is 4.79 Å². The molecule has 0 N–H and O–H groups in total. The van der Waals surface area contributed by atoms with Crippen LogP contribution in [0.4, 0.5) is 10.1 Å². The number of anilines is 1. The van der Waals surface area contributed by atoms with Gasteiger partial charge in [0.2, 0.25) is 5.91 Å². The lowest BCUT2D eigenvalue weighted by Crippen LogP contribution is -2.68. The molecule has 3 atom stereocenters. The van der Waals surface area contributed by atoms with Crippen LogP contribution in [0, 0.1) is 5.92 Å². The van der Waals surface area contributed by atoms with Crippen molar-refractivity contribution in [3.63, 3.8) is 0 Å². The van der Waals surface area contributed by atoms with Crippen molar-refractivity contribution in [2.45, 2.75) is 25.4 Å². The predicted octanol–water partition coefficient (Wildman–Crippen LogP) is 1.76. The van der Waals surface area contributed by atoms with Gasteiger partial charge in [0.05, 0.1) is 26.2 Å². The average molecular weight is 295 g/mol. The fraction of sp³-hybridized carbons (Fsp3) is 0.533. The average Bonchev–Trinajstić information content (AvgIpc) is 2.98. The second kappa shape index (κ2) is 5.61. The van der Waals surface area contributed by atoms with E-state index in [0.717, 1.165) is 0 Å². The molecule has 0 radical (unpaired) electrons. The van der Waals surface area contributed by atoms with E-state index in [0.29, 0.717) is 24.7 Å². The number of hydrogen-bond donors (Lipinski definition) is 0. The monoisotopic (exact) mass is 295 g/mol. The van der Waals surface area contributed by atoms with E-state index in [1.807, 2.05) is 0 Å². The van der Waals surface area contributed by atoms with Crippen molar-refractivity contribution < 1.29 is 23.4 Å². The lowest BCUT2D eigenvalue weighted by Gasteiger charge is -2.49. The Bertz CT molecular complexity index is 513. The number of benzene rings is 1. The number of rotatable bonds is 4. The Morgan fingerprint density at radius 2 is 1.90 bits per heavy atom. The fourth-order valence-corrected chi connectivity index (χ4v) is 2.91. The predicted molar refractivity (Wildman–Crippen MR) is 74.0 cm³/mol. The second-order valence-electron chi connectivity index (χ2n) is 5.21. The molecule has 2 aliphatic rings. The lowest BCUT2D eigenvalue weighted by molar-refractivity contribution is -0.149. The summed E-state index contributed by atoms with van der Waals surface area (Å²) in [5, 5.41) is 0. The molecule has 114 valence electrons. The Labute approximate surface area is 122 Å². The van der Waals surface area contributed by atoms with Crippen molar-refractivity contribution in [1.29, 1.82) is 0 Å². The van der Waals surface area contributed by atoms with E-state index in [4.69, 9.17) is 14.2 Å². The van der Waals surface area contributed by atoms with Crippen molar-refractivity contribution in [2.24, 2.45) is 5.92 Å². The molecule has 2 aliphatic heterocycles. The number of halogens is 1. The molecule has 0 aliphatic carbocycles.